The standard InChI is InChI=1S/C12H27N/c1-6-7-13-9-12(11(4)5)8-10(2)3/h10-13H,6-9H2,1-5H3. The fourth-order valence-corrected chi connectivity index (χ4v) is 1.66. The first-order valence-corrected chi connectivity index (χ1v) is 5.78. The second-order valence-electron chi connectivity index (χ2n) is 4.84. The molecule has 0 fully saturated rings. The van der Waals surface area contributed by atoms with Crippen molar-refractivity contribution < 1.29 is 0 Å². The highest BCUT2D eigenvalue weighted by Crippen LogP contribution is 2.19. The van der Waals surface area contributed by atoms with Gasteiger partial charge in [-0.25, -0.2) is 0 Å². The average molecular weight is 185 g/mol. The minimum absolute atomic E-state index is 0.812. The van der Waals surface area contributed by atoms with E-state index < -0.39 is 0 Å². The van der Waals surface area contributed by atoms with Crippen LogP contribution in [0.3, 0.4) is 0 Å². The summed E-state index contributed by atoms with van der Waals surface area (Å²) in [7, 11) is 0. The van der Waals surface area contributed by atoms with Crippen LogP contribution >= 0.6 is 0 Å². The zero-order valence-electron chi connectivity index (χ0n) is 10.1. The third-order valence-corrected chi connectivity index (χ3v) is 2.55. The second kappa shape index (κ2) is 7.37. The Bertz CT molecular complexity index is 108. The normalized spacial score (nSPS) is 14.1. The van der Waals surface area contributed by atoms with Crippen LogP contribution in [0.5, 0.6) is 0 Å². The molecule has 0 aromatic heterocycles. The quantitative estimate of drug-likeness (QED) is 0.600. The van der Waals surface area contributed by atoms with Crippen LogP contribution in [0.2, 0.25) is 0 Å². The fourth-order valence-electron chi connectivity index (χ4n) is 1.66. The first-order valence-electron chi connectivity index (χ1n) is 5.78. The molecule has 0 spiro atoms. The highest BCUT2D eigenvalue weighted by molar-refractivity contribution is 4.67. The number of hydrogen-bond donors (Lipinski definition) is 1. The third kappa shape index (κ3) is 7.06. The van der Waals surface area contributed by atoms with Crippen LogP contribution in [0.4, 0.5) is 0 Å². The van der Waals surface area contributed by atoms with Gasteiger partial charge in [0.25, 0.3) is 0 Å². The molecule has 0 aromatic rings. The van der Waals surface area contributed by atoms with Gasteiger partial charge >= 0.3 is 0 Å². The molecule has 0 bridgehead atoms. The molecular weight excluding hydrogens is 158 g/mol. The van der Waals surface area contributed by atoms with Crippen LogP contribution in [-0.2, 0) is 0 Å². The highest BCUT2D eigenvalue weighted by Gasteiger charge is 2.13. The maximum absolute atomic E-state index is 3.52. The Labute approximate surface area is 84.3 Å². The van der Waals surface area contributed by atoms with Gasteiger partial charge in [0.05, 0.1) is 0 Å². The van der Waals surface area contributed by atoms with E-state index in [4.69, 9.17) is 0 Å². The van der Waals surface area contributed by atoms with Crippen LogP contribution in [0.1, 0.15) is 47.5 Å². The maximum atomic E-state index is 3.52. The van der Waals surface area contributed by atoms with Gasteiger partial charge in [0.15, 0.2) is 0 Å². The van der Waals surface area contributed by atoms with Crippen LogP contribution in [0, 0.1) is 17.8 Å². The molecule has 80 valence electrons. The lowest BCUT2D eigenvalue weighted by Crippen LogP contribution is -2.27. The van der Waals surface area contributed by atoms with Gasteiger partial charge in [0, 0.05) is 0 Å². The predicted molar refractivity (Wildman–Crippen MR) is 60.9 cm³/mol. The Balaban J connectivity index is 3.67. The van der Waals surface area contributed by atoms with Crippen molar-refractivity contribution in [2.75, 3.05) is 13.1 Å². The van der Waals surface area contributed by atoms with Gasteiger partial charge in [0.2, 0.25) is 0 Å². The van der Waals surface area contributed by atoms with Crippen molar-refractivity contribution in [3.63, 3.8) is 0 Å². The Morgan fingerprint density at radius 2 is 1.69 bits per heavy atom. The Kier molecular flexibility index (Phi) is 7.35. The monoisotopic (exact) mass is 185 g/mol. The SMILES string of the molecule is CCCNCC(CC(C)C)C(C)C. The van der Waals surface area contributed by atoms with Gasteiger partial charge in [-0.05, 0) is 43.7 Å². The summed E-state index contributed by atoms with van der Waals surface area (Å²) in [5.74, 6) is 2.49. The lowest BCUT2D eigenvalue weighted by Gasteiger charge is -2.23. The van der Waals surface area contributed by atoms with Gasteiger partial charge in [-0.3, -0.25) is 0 Å². The zero-order valence-corrected chi connectivity index (χ0v) is 10.1. The maximum Gasteiger partial charge on any atom is -0.00180 e. The van der Waals surface area contributed by atoms with Gasteiger partial charge in [0.1, 0.15) is 0 Å². The first kappa shape index (κ1) is 13.0. The molecule has 1 atom stereocenters. The molecule has 0 aliphatic carbocycles. The Morgan fingerprint density at radius 3 is 2.08 bits per heavy atom. The molecule has 0 saturated carbocycles. The van der Waals surface area contributed by atoms with E-state index >= 15 is 0 Å². The average Bonchev–Trinajstić information content (AvgIpc) is 2.02. The molecule has 0 rings (SSSR count). The summed E-state index contributed by atoms with van der Waals surface area (Å²) in [4.78, 5) is 0. The molecule has 1 N–H and O–H groups in total. The summed E-state index contributed by atoms with van der Waals surface area (Å²) in [5.41, 5.74) is 0. The molecule has 0 radical (unpaired) electrons. The van der Waals surface area contributed by atoms with Crippen molar-refractivity contribution in [1.29, 1.82) is 0 Å². The number of hydrogen-bond acceptors (Lipinski definition) is 1. The van der Waals surface area contributed by atoms with E-state index in [0.29, 0.717) is 0 Å². The molecule has 0 aliphatic heterocycles. The first-order chi connectivity index (χ1) is 6.07. The van der Waals surface area contributed by atoms with Crippen molar-refractivity contribution in [3.05, 3.63) is 0 Å². The summed E-state index contributed by atoms with van der Waals surface area (Å²) in [6, 6.07) is 0. The van der Waals surface area contributed by atoms with Crippen molar-refractivity contribution in [3.8, 4) is 0 Å². The van der Waals surface area contributed by atoms with Crippen LogP contribution in [0.15, 0.2) is 0 Å². The smallest absolute Gasteiger partial charge is 0.00180 e. The van der Waals surface area contributed by atoms with Crippen molar-refractivity contribution in [2.45, 2.75) is 47.5 Å². The van der Waals surface area contributed by atoms with Gasteiger partial charge in [-0.2, -0.15) is 0 Å². The van der Waals surface area contributed by atoms with Crippen LogP contribution in [-0.4, -0.2) is 13.1 Å². The zero-order chi connectivity index (χ0) is 10.3. The van der Waals surface area contributed by atoms with E-state index in [0.717, 1.165) is 17.8 Å². The van der Waals surface area contributed by atoms with Gasteiger partial charge in [-0.1, -0.05) is 34.6 Å². The lowest BCUT2D eigenvalue weighted by atomic mass is 9.87. The molecule has 13 heavy (non-hydrogen) atoms. The minimum atomic E-state index is 0.812. The van der Waals surface area contributed by atoms with E-state index in [9.17, 15) is 0 Å². The van der Waals surface area contributed by atoms with E-state index in [-0.39, 0.29) is 0 Å². The predicted octanol–water partition coefficient (Wildman–Crippen LogP) is 3.30. The molecule has 1 nitrogen and oxygen atoms in total. The van der Waals surface area contributed by atoms with Crippen molar-refractivity contribution >= 4 is 0 Å². The molecule has 0 saturated heterocycles. The highest BCUT2D eigenvalue weighted by atomic mass is 14.9. The summed E-state index contributed by atoms with van der Waals surface area (Å²) in [5, 5.41) is 3.52. The number of rotatable bonds is 7. The summed E-state index contributed by atoms with van der Waals surface area (Å²) >= 11 is 0. The second-order valence-corrected chi connectivity index (χ2v) is 4.84. The van der Waals surface area contributed by atoms with E-state index in [1.165, 1.54) is 25.9 Å². The van der Waals surface area contributed by atoms with Gasteiger partial charge in [-0.15, -0.1) is 0 Å². The summed E-state index contributed by atoms with van der Waals surface area (Å²) in [6.07, 6.45) is 2.60. The Hall–Kier alpha value is -0.0400. The van der Waals surface area contributed by atoms with Crippen molar-refractivity contribution in [1.82, 2.24) is 5.32 Å². The third-order valence-electron chi connectivity index (χ3n) is 2.55. The summed E-state index contributed by atoms with van der Waals surface area (Å²) < 4.78 is 0. The molecular formula is C12H27N. The molecule has 0 heterocycles. The largest absolute Gasteiger partial charge is 0.316 e. The van der Waals surface area contributed by atoms with E-state index in [2.05, 4.69) is 39.9 Å². The van der Waals surface area contributed by atoms with Crippen molar-refractivity contribution in [2.24, 2.45) is 17.8 Å². The Morgan fingerprint density at radius 1 is 1.08 bits per heavy atom. The molecule has 0 amide bonds. The molecule has 1 unspecified atom stereocenters. The van der Waals surface area contributed by atoms with Gasteiger partial charge < -0.3 is 5.32 Å². The molecule has 0 aromatic carbocycles. The van der Waals surface area contributed by atoms with Crippen LogP contribution < -0.4 is 5.32 Å². The molecule has 1 heteroatoms. The number of nitrogens with one attached hydrogen (secondary N) is 1. The lowest BCUT2D eigenvalue weighted by molar-refractivity contribution is 0.304. The fraction of sp³-hybridized carbons (Fsp3) is 1.00. The minimum Gasteiger partial charge on any atom is -0.316 e. The molecule has 0 aliphatic rings. The van der Waals surface area contributed by atoms with E-state index in [1.807, 2.05) is 0 Å². The summed E-state index contributed by atoms with van der Waals surface area (Å²) in [6.45, 7) is 13.9. The topological polar surface area (TPSA) is 12.0 Å². The van der Waals surface area contributed by atoms with E-state index in [1.54, 1.807) is 0 Å². The van der Waals surface area contributed by atoms with Crippen LogP contribution in [0.25, 0.3) is 0 Å².